The highest BCUT2D eigenvalue weighted by atomic mass is 16.2. The number of carbonyl (C=O) groups is 2. The largest absolute Gasteiger partial charge is 0.338 e. The number of hydrogen-bond acceptors (Lipinski definition) is 4. The zero-order chi connectivity index (χ0) is 16.4. The molecule has 1 saturated heterocycles. The SMILES string of the molecule is Cc1nc(NC(=O)N[C@@H]2CC(=O)N(C(C)C)C2)nn1C(C)C. The summed E-state index contributed by atoms with van der Waals surface area (Å²) in [5.41, 5.74) is 0. The number of nitrogens with zero attached hydrogens (tertiary/aromatic N) is 4. The molecule has 0 saturated carbocycles. The Kier molecular flexibility index (Phi) is 4.68. The second-order valence-corrected chi connectivity index (χ2v) is 6.16. The number of rotatable bonds is 4. The van der Waals surface area contributed by atoms with Crippen LogP contribution in [0.3, 0.4) is 0 Å². The molecule has 2 rings (SSSR count). The summed E-state index contributed by atoms with van der Waals surface area (Å²) in [5.74, 6) is 1.08. The molecular weight excluding hydrogens is 284 g/mol. The lowest BCUT2D eigenvalue weighted by molar-refractivity contribution is -0.129. The van der Waals surface area contributed by atoms with Gasteiger partial charge in [-0.15, -0.1) is 5.10 Å². The minimum atomic E-state index is -0.385. The second kappa shape index (κ2) is 6.33. The van der Waals surface area contributed by atoms with Gasteiger partial charge in [0.25, 0.3) is 0 Å². The lowest BCUT2D eigenvalue weighted by Crippen LogP contribution is -2.41. The van der Waals surface area contributed by atoms with Crippen LogP contribution in [0.25, 0.3) is 0 Å². The summed E-state index contributed by atoms with van der Waals surface area (Å²) in [4.78, 5) is 29.8. The van der Waals surface area contributed by atoms with Crippen molar-refractivity contribution in [2.75, 3.05) is 11.9 Å². The predicted octanol–water partition coefficient (Wildman–Crippen LogP) is 1.30. The Morgan fingerprint density at radius 1 is 1.27 bits per heavy atom. The van der Waals surface area contributed by atoms with Crippen LogP contribution in [-0.4, -0.2) is 50.2 Å². The molecular formula is C14H24N6O2. The number of likely N-dealkylation sites (tertiary alicyclic amines) is 1. The first-order chi connectivity index (χ1) is 10.3. The Labute approximate surface area is 130 Å². The minimum Gasteiger partial charge on any atom is -0.338 e. The van der Waals surface area contributed by atoms with Crippen molar-refractivity contribution in [2.24, 2.45) is 0 Å². The lowest BCUT2D eigenvalue weighted by atomic mass is 10.2. The maximum Gasteiger partial charge on any atom is 0.321 e. The first kappa shape index (κ1) is 16.3. The zero-order valence-corrected chi connectivity index (χ0v) is 13.8. The molecule has 1 aromatic heterocycles. The van der Waals surface area contributed by atoms with E-state index >= 15 is 0 Å². The van der Waals surface area contributed by atoms with E-state index in [4.69, 9.17) is 0 Å². The van der Waals surface area contributed by atoms with E-state index in [0.717, 1.165) is 5.82 Å². The van der Waals surface area contributed by atoms with Crippen LogP contribution in [0.5, 0.6) is 0 Å². The molecule has 8 heteroatoms. The lowest BCUT2D eigenvalue weighted by Gasteiger charge is -2.21. The van der Waals surface area contributed by atoms with E-state index in [2.05, 4.69) is 20.7 Å². The number of urea groups is 1. The number of nitrogens with one attached hydrogen (secondary N) is 2. The van der Waals surface area contributed by atoms with Crippen LogP contribution >= 0.6 is 0 Å². The molecule has 8 nitrogen and oxygen atoms in total. The maximum atomic E-state index is 12.0. The first-order valence-electron chi connectivity index (χ1n) is 7.58. The fourth-order valence-electron chi connectivity index (χ4n) is 2.59. The summed E-state index contributed by atoms with van der Waals surface area (Å²) in [6.45, 7) is 10.3. The van der Waals surface area contributed by atoms with Gasteiger partial charge in [0.1, 0.15) is 5.82 Å². The minimum absolute atomic E-state index is 0.0679. The Morgan fingerprint density at radius 3 is 2.45 bits per heavy atom. The van der Waals surface area contributed by atoms with Crippen LogP contribution in [0, 0.1) is 6.92 Å². The Hall–Kier alpha value is -2.12. The molecule has 1 aromatic rings. The van der Waals surface area contributed by atoms with Gasteiger partial charge in [-0.2, -0.15) is 4.98 Å². The molecule has 0 aromatic carbocycles. The van der Waals surface area contributed by atoms with Crippen molar-refractivity contribution in [2.45, 2.75) is 59.2 Å². The van der Waals surface area contributed by atoms with Gasteiger partial charge in [0.2, 0.25) is 11.9 Å². The number of aromatic nitrogens is 3. The van der Waals surface area contributed by atoms with E-state index < -0.39 is 0 Å². The van der Waals surface area contributed by atoms with Crippen LogP contribution in [0.4, 0.5) is 10.7 Å². The van der Waals surface area contributed by atoms with Crippen molar-refractivity contribution in [3.8, 4) is 0 Å². The Morgan fingerprint density at radius 2 is 1.95 bits per heavy atom. The molecule has 122 valence electrons. The molecule has 0 aliphatic carbocycles. The fourth-order valence-corrected chi connectivity index (χ4v) is 2.59. The molecule has 1 aliphatic heterocycles. The highest BCUT2D eigenvalue weighted by Gasteiger charge is 2.32. The highest BCUT2D eigenvalue weighted by Crippen LogP contribution is 2.14. The number of carbonyl (C=O) groups excluding carboxylic acids is 2. The average molecular weight is 308 g/mol. The summed E-state index contributed by atoms with van der Waals surface area (Å²) < 4.78 is 1.75. The van der Waals surface area contributed by atoms with Gasteiger partial charge >= 0.3 is 6.03 Å². The van der Waals surface area contributed by atoms with Gasteiger partial charge in [-0.1, -0.05) is 0 Å². The third kappa shape index (κ3) is 3.55. The molecule has 1 aliphatic rings. The van der Waals surface area contributed by atoms with Crippen LogP contribution in [0.1, 0.15) is 46.0 Å². The zero-order valence-electron chi connectivity index (χ0n) is 13.8. The normalized spacial score (nSPS) is 18.4. The van der Waals surface area contributed by atoms with E-state index in [1.807, 2.05) is 34.6 Å². The fraction of sp³-hybridized carbons (Fsp3) is 0.714. The summed E-state index contributed by atoms with van der Waals surface area (Å²) in [7, 11) is 0. The molecule has 0 bridgehead atoms. The van der Waals surface area contributed by atoms with Crippen LogP contribution in [-0.2, 0) is 4.79 Å². The number of amides is 3. The topological polar surface area (TPSA) is 92.2 Å². The van der Waals surface area contributed by atoms with Crippen molar-refractivity contribution >= 4 is 17.9 Å². The molecule has 2 heterocycles. The molecule has 0 spiro atoms. The monoisotopic (exact) mass is 308 g/mol. The quantitative estimate of drug-likeness (QED) is 0.877. The molecule has 0 radical (unpaired) electrons. The van der Waals surface area contributed by atoms with Gasteiger partial charge in [0.05, 0.1) is 6.04 Å². The van der Waals surface area contributed by atoms with Crippen LogP contribution < -0.4 is 10.6 Å². The van der Waals surface area contributed by atoms with E-state index in [1.165, 1.54) is 0 Å². The molecule has 22 heavy (non-hydrogen) atoms. The average Bonchev–Trinajstić information content (AvgIpc) is 2.92. The standard InChI is InChI=1S/C14H24N6O2/c1-8(2)19-7-11(6-12(19)21)16-14(22)17-13-15-10(5)20(18-13)9(3)4/h8-9,11H,6-7H2,1-5H3,(H2,16,17,18,22)/t11-/m1/s1. The van der Waals surface area contributed by atoms with E-state index in [0.29, 0.717) is 13.0 Å². The van der Waals surface area contributed by atoms with E-state index in [1.54, 1.807) is 9.58 Å². The number of hydrogen-bond donors (Lipinski definition) is 2. The van der Waals surface area contributed by atoms with E-state index in [-0.39, 0.29) is 36.0 Å². The van der Waals surface area contributed by atoms with Crippen molar-refractivity contribution < 1.29 is 9.59 Å². The third-order valence-corrected chi connectivity index (χ3v) is 3.63. The van der Waals surface area contributed by atoms with Crippen LogP contribution in [0.2, 0.25) is 0 Å². The third-order valence-electron chi connectivity index (χ3n) is 3.63. The van der Waals surface area contributed by atoms with Gasteiger partial charge in [0, 0.05) is 25.0 Å². The Balaban J connectivity index is 1.91. The predicted molar refractivity (Wildman–Crippen MR) is 82.6 cm³/mol. The Bertz CT molecular complexity index is 566. The number of anilines is 1. The molecule has 3 amide bonds. The summed E-state index contributed by atoms with van der Waals surface area (Å²) >= 11 is 0. The smallest absolute Gasteiger partial charge is 0.321 e. The summed E-state index contributed by atoms with van der Waals surface area (Å²) in [6, 6.07) is -0.237. The van der Waals surface area contributed by atoms with Crippen molar-refractivity contribution in [1.82, 2.24) is 25.0 Å². The molecule has 1 atom stereocenters. The molecule has 2 N–H and O–H groups in total. The van der Waals surface area contributed by atoms with Crippen LogP contribution in [0.15, 0.2) is 0 Å². The highest BCUT2D eigenvalue weighted by molar-refractivity contribution is 5.88. The van der Waals surface area contributed by atoms with Gasteiger partial charge in [0.15, 0.2) is 0 Å². The van der Waals surface area contributed by atoms with Crippen molar-refractivity contribution in [3.63, 3.8) is 0 Å². The summed E-state index contributed by atoms with van der Waals surface area (Å²) in [5, 5.41) is 9.66. The van der Waals surface area contributed by atoms with Crippen molar-refractivity contribution in [1.29, 1.82) is 0 Å². The van der Waals surface area contributed by atoms with Crippen molar-refractivity contribution in [3.05, 3.63) is 5.82 Å². The van der Waals surface area contributed by atoms with Gasteiger partial charge in [-0.3, -0.25) is 10.1 Å². The summed E-state index contributed by atoms with van der Waals surface area (Å²) in [6.07, 6.45) is 0.332. The number of aryl methyl sites for hydroxylation is 1. The second-order valence-electron chi connectivity index (χ2n) is 6.16. The van der Waals surface area contributed by atoms with Gasteiger partial charge in [-0.05, 0) is 34.6 Å². The van der Waals surface area contributed by atoms with Gasteiger partial charge < -0.3 is 10.2 Å². The molecule has 1 fully saturated rings. The maximum absolute atomic E-state index is 12.0. The van der Waals surface area contributed by atoms with E-state index in [9.17, 15) is 9.59 Å². The first-order valence-corrected chi connectivity index (χ1v) is 7.58. The molecule has 0 unspecified atom stereocenters. The van der Waals surface area contributed by atoms with Gasteiger partial charge in [-0.25, -0.2) is 9.48 Å².